The summed E-state index contributed by atoms with van der Waals surface area (Å²) >= 11 is 7.32. The summed E-state index contributed by atoms with van der Waals surface area (Å²) in [7, 11) is 0. The molecule has 94 valence electrons. The zero-order valence-corrected chi connectivity index (χ0v) is 13.4. The molecule has 0 N–H and O–H groups in total. The van der Waals surface area contributed by atoms with Crippen molar-refractivity contribution >= 4 is 31.9 Å². The van der Waals surface area contributed by atoms with Gasteiger partial charge >= 0.3 is 0 Å². The summed E-state index contributed by atoms with van der Waals surface area (Å²) < 4.78 is 7.21. The van der Waals surface area contributed by atoms with Crippen molar-refractivity contribution in [1.29, 1.82) is 0 Å². The van der Waals surface area contributed by atoms with Gasteiger partial charge in [-0.25, -0.2) is 0 Å². The van der Waals surface area contributed by atoms with E-state index in [0.717, 1.165) is 29.5 Å². The van der Waals surface area contributed by atoms with Gasteiger partial charge in [-0.1, -0.05) is 41.9 Å². The van der Waals surface area contributed by atoms with E-state index in [4.69, 9.17) is 4.74 Å². The van der Waals surface area contributed by atoms with Gasteiger partial charge < -0.3 is 4.74 Å². The van der Waals surface area contributed by atoms with Crippen LogP contribution in [-0.4, -0.2) is 10.9 Å². The molecule has 1 aliphatic rings. The number of hydrogen-bond donors (Lipinski definition) is 0. The van der Waals surface area contributed by atoms with Crippen LogP contribution in [0.3, 0.4) is 0 Å². The Morgan fingerprint density at radius 1 is 1.29 bits per heavy atom. The second-order valence-corrected chi connectivity index (χ2v) is 6.64. The summed E-state index contributed by atoms with van der Waals surface area (Å²) in [4.78, 5) is 0.595. The van der Waals surface area contributed by atoms with Crippen molar-refractivity contribution in [3.8, 4) is 5.75 Å². The van der Waals surface area contributed by atoms with Crippen LogP contribution >= 0.6 is 31.9 Å². The van der Waals surface area contributed by atoms with Crippen molar-refractivity contribution in [3.63, 3.8) is 0 Å². The van der Waals surface area contributed by atoms with Gasteiger partial charge in [-0.3, -0.25) is 0 Å². The van der Waals surface area contributed by atoms with E-state index >= 15 is 0 Å². The molecule has 3 heteroatoms. The van der Waals surface area contributed by atoms with Crippen molar-refractivity contribution in [2.45, 2.75) is 44.0 Å². The summed E-state index contributed by atoms with van der Waals surface area (Å²) in [5.41, 5.74) is 0.301. The third-order valence-corrected chi connectivity index (χ3v) is 6.05. The van der Waals surface area contributed by atoms with Crippen LogP contribution in [0.5, 0.6) is 5.75 Å². The van der Waals surface area contributed by atoms with Crippen LogP contribution in [0.1, 0.15) is 33.1 Å². The Bertz CT molecular complexity index is 388. The maximum atomic E-state index is 6.17. The van der Waals surface area contributed by atoms with E-state index in [-0.39, 0.29) is 0 Å². The van der Waals surface area contributed by atoms with E-state index in [1.807, 2.05) is 24.3 Å². The van der Waals surface area contributed by atoms with Gasteiger partial charge in [-0.05, 0) is 47.3 Å². The summed E-state index contributed by atoms with van der Waals surface area (Å²) in [6, 6.07) is 8.09. The van der Waals surface area contributed by atoms with E-state index in [2.05, 4.69) is 45.7 Å². The molecule has 0 amide bonds. The molecule has 17 heavy (non-hydrogen) atoms. The molecular weight excluding hydrogens is 344 g/mol. The molecule has 0 spiro atoms. The Morgan fingerprint density at radius 3 is 2.47 bits per heavy atom. The normalized spacial score (nSPS) is 26.4. The summed E-state index contributed by atoms with van der Waals surface area (Å²) in [6.45, 7) is 4.51. The smallest absolute Gasteiger partial charge is 0.133 e. The van der Waals surface area contributed by atoms with Crippen LogP contribution in [0.4, 0.5) is 0 Å². The van der Waals surface area contributed by atoms with E-state index in [0.29, 0.717) is 16.3 Å². The highest BCUT2D eigenvalue weighted by Gasteiger charge is 2.53. The van der Waals surface area contributed by atoms with E-state index in [9.17, 15) is 0 Å². The fourth-order valence-corrected chi connectivity index (χ4v) is 4.37. The third kappa shape index (κ3) is 2.28. The number of ether oxygens (including phenoxy) is 1. The molecule has 0 heterocycles. The molecule has 1 aliphatic carbocycles. The highest BCUT2D eigenvalue weighted by molar-refractivity contribution is 9.10. The van der Waals surface area contributed by atoms with Crippen LogP contribution in [0.25, 0.3) is 0 Å². The predicted molar refractivity (Wildman–Crippen MR) is 78.9 cm³/mol. The third-order valence-electron chi connectivity index (χ3n) is 4.11. The quantitative estimate of drug-likeness (QED) is 0.672. The lowest BCUT2D eigenvalue weighted by molar-refractivity contribution is -0.0415. The van der Waals surface area contributed by atoms with Crippen molar-refractivity contribution in [1.82, 2.24) is 0 Å². The van der Waals surface area contributed by atoms with Gasteiger partial charge in [0.1, 0.15) is 11.9 Å². The van der Waals surface area contributed by atoms with E-state index in [1.54, 1.807) is 0 Å². The summed E-state index contributed by atoms with van der Waals surface area (Å²) in [5.74, 6) is 0.961. The fourth-order valence-electron chi connectivity index (χ4n) is 2.71. The lowest BCUT2D eigenvalue weighted by Gasteiger charge is -2.52. The van der Waals surface area contributed by atoms with Crippen LogP contribution < -0.4 is 4.74 Å². The predicted octanol–water partition coefficient (Wildman–Crippen LogP) is 5.17. The second kappa shape index (κ2) is 5.31. The van der Waals surface area contributed by atoms with Crippen molar-refractivity contribution in [2.75, 3.05) is 0 Å². The standard InChI is InChI=1S/C14H18Br2O/c1-3-14(4-2)12(16)9-13(14)17-11-8-6-5-7-10(11)15/h5-8,12-13H,3-4,9H2,1-2H3. The van der Waals surface area contributed by atoms with Gasteiger partial charge in [-0.15, -0.1) is 0 Å². The Morgan fingerprint density at radius 2 is 1.94 bits per heavy atom. The van der Waals surface area contributed by atoms with Gasteiger partial charge in [0, 0.05) is 10.2 Å². The molecule has 0 saturated heterocycles. The highest BCUT2D eigenvalue weighted by Crippen LogP contribution is 2.53. The average molecular weight is 362 g/mol. The number of hydrogen-bond acceptors (Lipinski definition) is 1. The zero-order valence-electron chi connectivity index (χ0n) is 10.2. The molecule has 1 aromatic rings. The molecule has 1 fully saturated rings. The Kier molecular flexibility index (Phi) is 4.19. The van der Waals surface area contributed by atoms with Crippen molar-refractivity contribution in [2.24, 2.45) is 5.41 Å². The monoisotopic (exact) mass is 360 g/mol. The number of alkyl halides is 1. The van der Waals surface area contributed by atoms with Gasteiger partial charge in [-0.2, -0.15) is 0 Å². The molecule has 2 rings (SSSR count). The molecule has 1 saturated carbocycles. The van der Waals surface area contributed by atoms with Crippen molar-refractivity contribution in [3.05, 3.63) is 28.7 Å². The van der Waals surface area contributed by atoms with Gasteiger partial charge in [0.05, 0.1) is 4.47 Å². The SMILES string of the molecule is CCC1(CC)C(Br)CC1Oc1ccccc1Br. The molecule has 0 aliphatic heterocycles. The fraction of sp³-hybridized carbons (Fsp3) is 0.571. The van der Waals surface area contributed by atoms with Crippen LogP contribution in [0, 0.1) is 5.41 Å². The van der Waals surface area contributed by atoms with Gasteiger partial charge in [0.25, 0.3) is 0 Å². The first kappa shape index (κ1) is 13.4. The maximum Gasteiger partial charge on any atom is 0.133 e. The largest absolute Gasteiger partial charge is 0.489 e. The lowest BCUT2D eigenvalue weighted by atomic mass is 9.62. The minimum atomic E-state index is 0.301. The zero-order chi connectivity index (χ0) is 12.5. The number of rotatable bonds is 4. The van der Waals surface area contributed by atoms with Crippen LogP contribution in [0.15, 0.2) is 28.7 Å². The van der Waals surface area contributed by atoms with Crippen LogP contribution in [0.2, 0.25) is 0 Å². The van der Waals surface area contributed by atoms with E-state index < -0.39 is 0 Å². The average Bonchev–Trinajstić information content (AvgIpc) is 2.33. The molecule has 1 aromatic carbocycles. The molecular formula is C14H18Br2O. The maximum absolute atomic E-state index is 6.17. The van der Waals surface area contributed by atoms with Gasteiger partial charge in [0.15, 0.2) is 0 Å². The van der Waals surface area contributed by atoms with Crippen LogP contribution in [-0.2, 0) is 0 Å². The van der Waals surface area contributed by atoms with E-state index in [1.165, 1.54) is 0 Å². The first-order chi connectivity index (χ1) is 8.14. The van der Waals surface area contributed by atoms with Gasteiger partial charge in [0.2, 0.25) is 0 Å². The number of halogens is 2. The lowest BCUT2D eigenvalue weighted by Crippen LogP contribution is -2.56. The molecule has 0 radical (unpaired) electrons. The topological polar surface area (TPSA) is 9.23 Å². The number of benzene rings is 1. The second-order valence-electron chi connectivity index (χ2n) is 4.68. The first-order valence-corrected chi connectivity index (χ1v) is 7.90. The Hall–Kier alpha value is -0.0200. The minimum absolute atomic E-state index is 0.301. The van der Waals surface area contributed by atoms with Crippen molar-refractivity contribution < 1.29 is 4.74 Å². The highest BCUT2D eigenvalue weighted by atomic mass is 79.9. The Labute approximate surface area is 120 Å². The molecule has 2 unspecified atom stereocenters. The summed E-state index contributed by atoms with van der Waals surface area (Å²) in [6.07, 6.45) is 3.76. The molecule has 0 bridgehead atoms. The Balaban J connectivity index is 2.13. The minimum Gasteiger partial charge on any atom is -0.489 e. The number of para-hydroxylation sites is 1. The molecule has 0 aromatic heterocycles. The molecule has 2 atom stereocenters. The summed E-state index contributed by atoms with van der Waals surface area (Å²) in [5, 5.41) is 0. The first-order valence-electron chi connectivity index (χ1n) is 6.19. The molecule has 1 nitrogen and oxygen atoms in total.